The van der Waals surface area contributed by atoms with Crippen LogP contribution in [0.4, 0.5) is 5.69 Å². The first-order valence-electron chi connectivity index (χ1n) is 11.4. The van der Waals surface area contributed by atoms with Gasteiger partial charge in [-0.2, -0.15) is 0 Å². The van der Waals surface area contributed by atoms with Crippen molar-refractivity contribution in [2.75, 3.05) is 38.2 Å². The highest BCUT2D eigenvalue weighted by Gasteiger charge is 2.25. The molecule has 3 heterocycles. The van der Waals surface area contributed by atoms with Gasteiger partial charge in [0.2, 0.25) is 0 Å². The Morgan fingerprint density at radius 2 is 2.10 bits per heavy atom. The van der Waals surface area contributed by atoms with Crippen LogP contribution in [0.3, 0.4) is 0 Å². The van der Waals surface area contributed by atoms with Gasteiger partial charge >= 0.3 is 0 Å². The van der Waals surface area contributed by atoms with E-state index in [1.165, 1.54) is 0 Å². The van der Waals surface area contributed by atoms with Crippen molar-refractivity contribution in [2.24, 2.45) is 17.8 Å². The lowest BCUT2D eigenvalue weighted by molar-refractivity contribution is -0.123. The molecule has 6 heteroatoms. The molecule has 2 fully saturated rings. The Balaban J connectivity index is 1.44. The van der Waals surface area contributed by atoms with Crippen molar-refractivity contribution in [3.63, 3.8) is 0 Å². The zero-order valence-corrected chi connectivity index (χ0v) is 19.0. The van der Waals surface area contributed by atoms with Gasteiger partial charge in [-0.1, -0.05) is 30.7 Å². The highest BCUT2D eigenvalue weighted by Crippen LogP contribution is 2.30. The van der Waals surface area contributed by atoms with E-state index in [1.807, 2.05) is 12.1 Å². The van der Waals surface area contributed by atoms with E-state index in [0.717, 1.165) is 74.6 Å². The molecule has 0 saturated carbocycles. The maximum Gasteiger partial charge on any atom is 0.143 e. The van der Waals surface area contributed by atoms with Crippen LogP contribution in [-0.4, -0.2) is 43.6 Å². The summed E-state index contributed by atoms with van der Waals surface area (Å²) >= 11 is 6.49. The lowest BCUT2D eigenvalue weighted by Gasteiger charge is -2.26. The van der Waals surface area contributed by atoms with E-state index in [0.29, 0.717) is 23.3 Å². The van der Waals surface area contributed by atoms with Gasteiger partial charge in [0.1, 0.15) is 5.78 Å². The molecule has 2 aliphatic rings. The second-order valence-corrected chi connectivity index (χ2v) is 9.42. The van der Waals surface area contributed by atoms with Crippen molar-refractivity contribution in [2.45, 2.75) is 32.6 Å². The Kier molecular flexibility index (Phi) is 7.59. The van der Waals surface area contributed by atoms with Crippen molar-refractivity contribution < 1.29 is 9.53 Å². The Bertz CT molecular complexity index is 898. The summed E-state index contributed by atoms with van der Waals surface area (Å²) in [6.45, 7) is 6.61. The number of Topliss-reactive ketones (excluding diaryl/α,β-unsaturated/α-hetero) is 1. The number of benzene rings is 1. The Morgan fingerprint density at radius 3 is 2.90 bits per heavy atom. The number of nitrogens with zero attached hydrogens (tertiary/aromatic N) is 1. The predicted octanol–water partition coefficient (Wildman–Crippen LogP) is 4.60. The molecule has 2 atom stereocenters. The standard InChI is InChI=1S/C25H32ClN3O2/c1-17-9-20(15-27-13-17)25(30)12-22-11-23(24(26)16-29-22)19-3-2-4-21(10-19)28-14-18-5-7-31-8-6-18/h2-4,10-11,16-18,20,27-28H,5-9,12-15H2,1H3/t17-,20-/m1/s1. The molecular formula is C25H32ClN3O2. The lowest BCUT2D eigenvalue weighted by atomic mass is 9.87. The minimum absolute atomic E-state index is 0.0717. The van der Waals surface area contributed by atoms with Crippen LogP contribution in [0.25, 0.3) is 11.1 Å². The molecule has 0 spiro atoms. The summed E-state index contributed by atoms with van der Waals surface area (Å²) in [6.07, 6.45) is 5.19. The lowest BCUT2D eigenvalue weighted by Crippen LogP contribution is -2.39. The van der Waals surface area contributed by atoms with E-state index in [2.05, 4.69) is 40.7 Å². The molecule has 2 aliphatic heterocycles. The maximum absolute atomic E-state index is 12.8. The van der Waals surface area contributed by atoms with Crippen molar-refractivity contribution in [1.29, 1.82) is 0 Å². The third kappa shape index (κ3) is 6.06. The van der Waals surface area contributed by atoms with Crippen LogP contribution in [0.1, 0.15) is 31.9 Å². The number of aromatic nitrogens is 1. The van der Waals surface area contributed by atoms with Gasteiger partial charge < -0.3 is 15.4 Å². The van der Waals surface area contributed by atoms with Crippen LogP contribution in [0.15, 0.2) is 36.5 Å². The fourth-order valence-corrected chi connectivity index (χ4v) is 4.75. The van der Waals surface area contributed by atoms with Gasteiger partial charge in [0.15, 0.2) is 0 Å². The number of ketones is 1. The molecule has 1 aromatic heterocycles. The first kappa shape index (κ1) is 22.3. The van der Waals surface area contributed by atoms with E-state index in [-0.39, 0.29) is 11.7 Å². The minimum Gasteiger partial charge on any atom is -0.385 e. The summed E-state index contributed by atoms with van der Waals surface area (Å²) in [7, 11) is 0. The monoisotopic (exact) mass is 441 g/mol. The van der Waals surface area contributed by atoms with E-state index in [9.17, 15) is 4.79 Å². The third-order valence-electron chi connectivity index (χ3n) is 6.40. The van der Waals surface area contributed by atoms with Gasteiger partial charge in [-0.3, -0.25) is 9.78 Å². The van der Waals surface area contributed by atoms with Crippen LogP contribution < -0.4 is 10.6 Å². The quantitative estimate of drug-likeness (QED) is 0.657. The summed E-state index contributed by atoms with van der Waals surface area (Å²) in [5, 5.41) is 7.53. The SMILES string of the molecule is C[C@H]1CNC[C@H](C(=O)Cc2cc(-c3cccc(NCC4CCOCC4)c3)c(Cl)cn2)C1. The largest absolute Gasteiger partial charge is 0.385 e. The number of ether oxygens (including phenoxy) is 1. The van der Waals surface area contributed by atoms with E-state index >= 15 is 0 Å². The number of piperidine rings is 1. The molecule has 0 unspecified atom stereocenters. The summed E-state index contributed by atoms with van der Waals surface area (Å²) in [6, 6.07) is 10.3. The highest BCUT2D eigenvalue weighted by molar-refractivity contribution is 6.33. The van der Waals surface area contributed by atoms with E-state index in [1.54, 1.807) is 6.20 Å². The molecule has 0 radical (unpaired) electrons. The van der Waals surface area contributed by atoms with Crippen LogP contribution in [0.2, 0.25) is 5.02 Å². The smallest absolute Gasteiger partial charge is 0.143 e. The summed E-state index contributed by atoms with van der Waals surface area (Å²) in [5.74, 6) is 1.51. The van der Waals surface area contributed by atoms with E-state index < -0.39 is 0 Å². The molecule has 166 valence electrons. The number of hydrogen-bond acceptors (Lipinski definition) is 5. The molecule has 1 aromatic carbocycles. The normalized spacial score (nSPS) is 22.3. The van der Waals surface area contributed by atoms with Gasteiger partial charge in [-0.05, 0) is 61.4 Å². The van der Waals surface area contributed by atoms with Gasteiger partial charge in [0.05, 0.1) is 5.02 Å². The molecule has 0 aliphatic carbocycles. The van der Waals surface area contributed by atoms with E-state index in [4.69, 9.17) is 16.3 Å². The fourth-order valence-electron chi connectivity index (χ4n) is 4.53. The first-order valence-corrected chi connectivity index (χ1v) is 11.8. The Hall–Kier alpha value is -1.95. The van der Waals surface area contributed by atoms with Gasteiger partial charge in [-0.25, -0.2) is 0 Å². The first-order chi connectivity index (χ1) is 15.1. The summed E-state index contributed by atoms with van der Waals surface area (Å²) < 4.78 is 5.45. The van der Waals surface area contributed by atoms with Crippen molar-refractivity contribution in [1.82, 2.24) is 10.3 Å². The molecule has 0 amide bonds. The zero-order chi connectivity index (χ0) is 21.6. The molecule has 0 bridgehead atoms. The second kappa shape index (κ2) is 10.6. The number of halogens is 1. The number of carbonyl (C=O) groups is 1. The van der Waals surface area contributed by atoms with Crippen LogP contribution >= 0.6 is 11.6 Å². The van der Waals surface area contributed by atoms with Crippen molar-refractivity contribution in [3.8, 4) is 11.1 Å². The van der Waals surface area contributed by atoms with Crippen LogP contribution in [0, 0.1) is 17.8 Å². The van der Waals surface area contributed by atoms with Crippen LogP contribution in [-0.2, 0) is 16.0 Å². The molecule has 4 rings (SSSR count). The van der Waals surface area contributed by atoms with Crippen molar-refractivity contribution in [3.05, 3.63) is 47.2 Å². The van der Waals surface area contributed by atoms with Gasteiger partial charge in [-0.15, -0.1) is 0 Å². The summed E-state index contributed by atoms with van der Waals surface area (Å²) in [5.41, 5.74) is 3.82. The number of pyridine rings is 1. The average molecular weight is 442 g/mol. The minimum atomic E-state index is 0.0717. The molecule has 31 heavy (non-hydrogen) atoms. The number of hydrogen-bond donors (Lipinski definition) is 2. The van der Waals surface area contributed by atoms with Crippen LogP contribution in [0.5, 0.6) is 0 Å². The summed E-state index contributed by atoms with van der Waals surface area (Å²) in [4.78, 5) is 17.2. The molecule has 2 N–H and O–H groups in total. The number of anilines is 1. The molecule has 2 saturated heterocycles. The zero-order valence-electron chi connectivity index (χ0n) is 18.2. The number of rotatable bonds is 7. The van der Waals surface area contributed by atoms with Gasteiger partial charge in [0.25, 0.3) is 0 Å². The number of carbonyl (C=O) groups excluding carboxylic acids is 1. The highest BCUT2D eigenvalue weighted by atomic mass is 35.5. The molecule has 2 aromatic rings. The second-order valence-electron chi connectivity index (χ2n) is 9.01. The number of nitrogens with one attached hydrogen (secondary N) is 2. The fraction of sp³-hybridized carbons (Fsp3) is 0.520. The maximum atomic E-state index is 12.8. The Morgan fingerprint density at radius 1 is 1.26 bits per heavy atom. The van der Waals surface area contributed by atoms with Gasteiger partial charge in [0, 0.05) is 61.8 Å². The molecular weight excluding hydrogens is 410 g/mol. The topological polar surface area (TPSA) is 63.2 Å². The molecule has 5 nitrogen and oxygen atoms in total. The third-order valence-corrected chi connectivity index (χ3v) is 6.70. The predicted molar refractivity (Wildman–Crippen MR) is 126 cm³/mol. The Labute approximate surface area is 189 Å². The average Bonchev–Trinajstić information content (AvgIpc) is 2.80. The van der Waals surface area contributed by atoms with Crippen molar-refractivity contribution >= 4 is 23.1 Å².